The van der Waals surface area contributed by atoms with Crippen molar-refractivity contribution in [3.05, 3.63) is 0 Å². The second-order valence-electron chi connectivity index (χ2n) is 18.7. The Morgan fingerprint density at radius 1 is 0.554 bits per heavy atom. The first-order valence-electron chi connectivity index (χ1n) is 26.1. The van der Waals surface area contributed by atoms with Crippen LogP contribution in [-0.4, -0.2) is 103 Å². The summed E-state index contributed by atoms with van der Waals surface area (Å²) in [6.45, 7) is 3.02. The van der Waals surface area contributed by atoms with Gasteiger partial charge in [0.15, 0.2) is 6.29 Å². The zero-order chi connectivity index (χ0) is 48.0. The van der Waals surface area contributed by atoms with Gasteiger partial charge >= 0.3 is 20.8 Å². The van der Waals surface area contributed by atoms with Gasteiger partial charge in [0.2, 0.25) is 5.91 Å². The summed E-state index contributed by atoms with van der Waals surface area (Å²) in [6, 6.07) is -0.943. The number of ether oxygens (including phenoxy) is 2. The van der Waals surface area contributed by atoms with E-state index >= 15 is 0 Å². The first-order chi connectivity index (χ1) is 31.2. The van der Waals surface area contributed by atoms with Crippen LogP contribution in [0.15, 0.2) is 0 Å². The van der Waals surface area contributed by atoms with Gasteiger partial charge in [0.05, 0.1) is 25.4 Å². The third-order valence-electron chi connectivity index (χ3n) is 12.6. The molecule has 6 N–H and O–H groups in total. The summed E-state index contributed by atoms with van der Waals surface area (Å²) in [6.07, 6.45) is 31.7. The minimum atomic E-state index is -5.23. The molecule has 0 aromatic rings. The molecule has 17 heteroatoms. The van der Waals surface area contributed by atoms with Gasteiger partial charge in [0, 0.05) is 6.42 Å². The molecule has 1 aliphatic rings. The van der Waals surface area contributed by atoms with Gasteiger partial charge in [0.25, 0.3) is 0 Å². The second kappa shape index (κ2) is 39.8. The van der Waals surface area contributed by atoms with Gasteiger partial charge in [-0.05, 0) is 12.8 Å². The fraction of sp³-hybridized carbons (Fsp3) is 0.979. The molecule has 0 aromatic carbocycles. The Balaban J connectivity index is 2.51. The van der Waals surface area contributed by atoms with Crippen molar-refractivity contribution in [2.45, 2.75) is 288 Å². The van der Waals surface area contributed by atoms with E-state index in [0.717, 1.165) is 38.5 Å². The molecule has 1 rings (SSSR count). The lowest BCUT2D eigenvalue weighted by molar-refractivity contribution is -0.298. The third kappa shape index (κ3) is 35.7. The lowest BCUT2D eigenvalue weighted by atomic mass is 9.99. The quantitative estimate of drug-likeness (QED) is 0.0246. The molecule has 0 radical (unpaired) electrons. The van der Waals surface area contributed by atoms with Crippen molar-refractivity contribution in [1.29, 1.82) is 0 Å². The van der Waals surface area contributed by atoms with E-state index in [1.54, 1.807) is 0 Å². The highest BCUT2D eigenvalue weighted by atomic mass is 32.3. The van der Waals surface area contributed by atoms with Crippen LogP contribution in [0.4, 0.5) is 0 Å². The zero-order valence-corrected chi connectivity index (χ0v) is 42.3. The predicted molar refractivity (Wildman–Crippen MR) is 256 cm³/mol. The molecule has 0 aliphatic carbocycles. The van der Waals surface area contributed by atoms with Crippen LogP contribution in [0.3, 0.4) is 0 Å². The van der Waals surface area contributed by atoms with Crippen molar-refractivity contribution in [3.8, 4) is 0 Å². The molecular formula is C48H95NO14S2. The number of carbonyl (C=O) groups is 1. The van der Waals surface area contributed by atoms with Gasteiger partial charge in [-0.25, -0.2) is 8.37 Å². The average molecular weight is 974 g/mol. The number of nitrogens with one attached hydrogen (secondary N) is 1. The van der Waals surface area contributed by atoms with E-state index in [1.807, 2.05) is 0 Å². The number of unbranched alkanes of at least 4 members (excludes halogenated alkanes) is 32. The molecule has 1 amide bonds. The summed E-state index contributed by atoms with van der Waals surface area (Å²) in [7, 11) is -10.3. The van der Waals surface area contributed by atoms with E-state index in [9.17, 15) is 41.5 Å². The molecule has 1 heterocycles. The van der Waals surface area contributed by atoms with E-state index in [-0.39, 0.29) is 12.3 Å². The monoisotopic (exact) mass is 974 g/mol. The number of aliphatic hydroxyl groups is 3. The highest BCUT2D eigenvalue weighted by Gasteiger charge is 2.48. The molecule has 0 unspecified atom stereocenters. The van der Waals surface area contributed by atoms with Crippen LogP contribution in [0.5, 0.6) is 0 Å². The molecule has 0 spiro atoms. The number of hydrogen-bond donors (Lipinski definition) is 6. The Labute approximate surface area is 395 Å². The van der Waals surface area contributed by atoms with Crippen LogP contribution in [0.1, 0.15) is 245 Å². The maximum Gasteiger partial charge on any atom is 0.397 e. The Morgan fingerprint density at radius 2 is 0.923 bits per heavy atom. The number of aliphatic hydroxyl groups excluding tert-OH is 3. The van der Waals surface area contributed by atoms with Crippen LogP contribution >= 0.6 is 0 Å². The minimum absolute atomic E-state index is 0.242. The molecule has 1 fully saturated rings. The summed E-state index contributed by atoms with van der Waals surface area (Å²) in [5.74, 6) is -0.285. The van der Waals surface area contributed by atoms with E-state index in [1.165, 1.54) is 167 Å². The summed E-state index contributed by atoms with van der Waals surface area (Å²) in [4.78, 5) is 13.1. The molecule has 7 atom stereocenters. The van der Waals surface area contributed by atoms with Gasteiger partial charge in [-0.3, -0.25) is 13.9 Å². The van der Waals surface area contributed by atoms with Crippen LogP contribution in [0, 0.1) is 0 Å². The molecule has 1 aliphatic heterocycles. The van der Waals surface area contributed by atoms with E-state index in [2.05, 4.69) is 27.5 Å². The third-order valence-corrected chi connectivity index (χ3v) is 13.5. The summed E-state index contributed by atoms with van der Waals surface area (Å²) >= 11 is 0. The number of rotatable bonds is 46. The average Bonchev–Trinajstić information content (AvgIpc) is 3.25. The Kier molecular flexibility index (Phi) is 38.0. The standard InChI is InChI=1S/C48H95NO14S2/c1-3-5-7-9-11-13-15-17-18-19-20-21-22-23-24-26-28-30-32-34-36-38-44(51)49-41(42(50)37-35-33-31-29-27-25-16-14-12-10-8-6-4-2)39-60-48-46(53)45(52)47(63-65(57,58)59)43(62-48)40-61-64(54,55)56/h41-43,45-48,50,52-53H,3-40H2,1-2H3,(H,49,51)(H,54,55,56)(H,57,58,59)/t41-,42+,43+,45+,46+,47-,48+/m0/s1. The van der Waals surface area contributed by atoms with E-state index < -0.39 is 76.9 Å². The van der Waals surface area contributed by atoms with Crippen molar-refractivity contribution in [1.82, 2.24) is 5.32 Å². The molecule has 388 valence electrons. The normalized spacial score (nSPS) is 20.3. The minimum Gasteiger partial charge on any atom is -0.391 e. The van der Waals surface area contributed by atoms with Gasteiger partial charge in [0.1, 0.15) is 24.4 Å². The first kappa shape index (κ1) is 62.0. The number of amides is 1. The maximum absolute atomic E-state index is 13.1. The molecule has 1 saturated heterocycles. The zero-order valence-electron chi connectivity index (χ0n) is 40.6. The van der Waals surface area contributed by atoms with Crippen LogP contribution in [0.25, 0.3) is 0 Å². The Hall–Kier alpha value is -0.990. The molecule has 15 nitrogen and oxygen atoms in total. The lowest BCUT2D eigenvalue weighted by Gasteiger charge is -2.41. The van der Waals surface area contributed by atoms with Gasteiger partial charge in [-0.1, -0.05) is 226 Å². The van der Waals surface area contributed by atoms with E-state index in [0.29, 0.717) is 19.3 Å². The number of carbonyl (C=O) groups excluding carboxylic acids is 1. The maximum atomic E-state index is 13.1. The van der Waals surface area contributed by atoms with Gasteiger partial charge in [-0.15, -0.1) is 0 Å². The Bertz CT molecular complexity index is 1340. The predicted octanol–water partition coefficient (Wildman–Crippen LogP) is 10.4. The van der Waals surface area contributed by atoms with Crippen LogP contribution in [0.2, 0.25) is 0 Å². The van der Waals surface area contributed by atoms with Crippen LogP contribution in [-0.2, 0) is 43.4 Å². The van der Waals surface area contributed by atoms with Gasteiger partial charge in [-0.2, -0.15) is 16.8 Å². The highest BCUT2D eigenvalue weighted by molar-refractivity contribution is 7.81. The SMILES string of the molecule is CCCCCCCCCCCCCCCCCCCCCCCC(=O)N[C@@H](CO[C@@H]1O[C@H](COS(=O)(=O)O)[C@H](OS(=O)(=O)O)[C@H](O)[C@H]1O)[C@H](O)CCCCCCCCCCCCCCC. The van der Waals surface area contributed by atoms with E-state index in [4.69, 9.17) is 14.0 Å². The van der Waals surface area contributed by atoms with Crippen molar-refractivity contribution in [2.75, 3.05) is 13.2 Å². The second-order valence-corrected chi connectivity index (χ2v) is 20.8. The lowest BCUT2D eigenvalue weighted by Crippen LogP contribution is -2.61. The fourth-order valence-electron chi connectivity index (χ4n) is 8.61. The highest BCUT2D eigenvalue weighted by Crippen LogP contribution is 2.27. The van der Waals surface area contributed by atoms with Crippen molar-refractivity contribution in [3.63, 3.8) is 0 Å². The fourth-order valence-corrected chi connectivity index (χ4v) is 9.43. The summed E-state index contributed by atoms with van der Waals surface area (Å²) in [5, 5.41) is 35.5. The smallest absolute Gasteiger partial charge is 0.391 e. The van der Waals surface area contributed by atoms with Gasteiger partial charge < -0.3 is 30.1 Å². The number of hydrogen-bond acceptors (Lipinski definition) is 12. The summed E-state index contributed by atoms with van der Waals surface area (Å²) < 4.78 is 83.5. The Morgan fingerprint density at radius 3 is 1.29 bits per heavy atom. The van der Waals surface area contributed by atoms with Crippen molar-refractivity contribution >= 4 is 26.7 Å². The summed E-state index contributed by atoms with van der Waals surface area (Å²) in [5.41, 5.74) is 0. The molecule has 0 aromatic heterocycles. The molecule has 0 bridgehead atoms. The topological polar surface area (TPSA) is 235 Å². The first-order valence-corrected chi connectivity index (χ1v) is 28.8. The van der Waals surface area contributed by atoms with Crippen LogP contribution < -0.4 is 5.32 Å². The molecule has 65 heavy (non-hydrogen) atoms. The van der Waals surface area contributed by atoms with Crippen molar-refractivity contribution in [2.24, 2.45) is 0 Å². The molecular weight excluding hydrogens is 879 g/mol. The largest absolute Gasteiger partial charge is 0.397 e. The van der Waals surface area contributed by atoms with Crippen molar-refractivity contribution < 1.29 is 63.9 Å². The molecule has 0 saturated carbocycles.